The maximum atomic E-state index is 12.8. The van der Waals surface area contributed by atoms with E-state index in [1.54, 1.807) is 0 Å². The minimum atomic E-state index is -4.24. The molecule has 1 aromatic rings. The van der Waals surface area contributed by atoms with Crippen LogP contribution in [0.5, 0.6) is 0 Å². The lowest BCUT2D eigenvalue weighted by molar-refractivity contribution is -0.168. The van der Waals surface area contributed by atoms with Gasteiger partial charge in [-0.1, -0.05) is 19.1 Å². The Hall–Kier alpha value is -1.23. The first kappa shape index (κ1) is 21.1. The van der Waals surface area contributed by atoms with Crippen molar-refractivity contribution >= 4 is 10.0 Å². The van der Waals surface area contributed by atoms with Gasteiger partial charge in [-0.2, -0.15) is 13.1 Å². The van der Waals surface area contributed by atoms with Crippen molar-refractivity contribution in [3.8, 4) is 0 Å². The van der Waals surface area contributed by atoms with E-state index in [4.69, 9.17) is 5.73 Å². The molecule has 0 bridgehead atoms. The van der Waals surface area contributed by atoms with Gasteiger partial charge in [0.2, 0.25) is 10.0 Å². The molecule has 10 heteroatoms. The first-order valence-electron chi connectivity index (χ1n) is 8.03. The van der Waals surface area contributed by atoms with Crippen LogP contribution in [-0.4, -0.2) is 51.3 Å². The second kappa shape index (κ2) is 7.79. The van der Waals surface area contributed by atoms with Crippen LogP contribution in [0, 0.1) is 5.41 Å². The maximum Gasteiger partial charge on any atom is 0.330 e. The molecule has 0 saturated carbocycles. The molecule has 26 heavy (non-hydrogen) atoms. The highest BCUT2D eigenvalue weighted by molar-refractivity contribution is 7.89. The van der Waals surface area contributed by atoms with Gasteiger partial charge in [0.05, 0.1) is 11.5 Å². The third-order valence-corrected chi connectivity index (χ3v) is 6.28. The predicted octanol–water partition coefficient (Wildman–Crippen LogP) is 2.46. The molecule has 1 aliphatic heterocycles. The smallest absolute Gasteiger partial charge is 0.330 e. The van der Waals surface area contributed by atoms with Gasteiger partial charge in [0, 0.05) is 13.1 Å². The molecule has 5 nitrogen and oxygen atoms in total. The number of nitrogens with zero attached hydrogens (tertiary/aromatic N) is 1. The Kier molecular flexibility index (Phi) is 6.32. The van der Waals surface area contributed by atoms with Crippen LogP contribution in [0.4, 0.5) is 17.6 Å². The van der Waals surface area contributed by atoms with Crippen LogP contribution in [0.15, 0.2) is 29.2 Å². The molecule has 1 atom stereocenters. The lowest BCUT2D eigenvalue weighted by Crippen LogP contribution is -2.34. The van der Waals surface area contributed by atoms with E-state index < -0.39 is 35.6 Å². The zero-order valence-corrected chi connectivity index (χ0v) is 15.1. The van der Waals surface area contributed by atoms with Gasteiger partial charge in [-0.25, -0.2) is 17.2 Å². The second-order valence-electron chi connectivity index (χ2n) is 6.81. The molecule has 0 spiro atoms. The summed E-state index contributed by atoms with van der Waals surface area (Å²) in [6.07, 6.45) is -3.17. The van der Waals surface area contributed by atoms with E-state index in [1.807, 2.05) is 6.92 Å². The summed E-state index contributed by atoms with van der Waals surface area (Å²) in [7, 11) is -3.76. The number of halogens is 4. The van der Waals surface area contributed by atoms with Crippen molar-refractivity contribution in [1.82, 2.24) is 4.31 Å². The lowest BCUT2D eigenvalue weighted by atomic mass is 9.90. The van der Waals surface area contributed by atoms with Crippen molar-refractivity contribution in [3.05, 3.63) is 29.8 Å². The highest BCUT2D eigenvalue weighted by Gasteiger charge is 2.41. The fourth-order valence-electron chi connectivity index (χ4n) is 2.66. The molecule has 148 valence electrons. The molecule has 1 heterocycles. The summed E-state index contributed by atoms with van der Waals surface area (Å²) >= 11 is 0. The first-order valence-corrected chi connectivity index (χ1v) is 9.47. The highest BCUT2D eigenvalue weighted by atomic mass is 32.2. The quantitative estimate of drug-likeness (QED) is 0.683. The van der Waals surface area contributed by atoms with Crippen molar-refractivity contribution in [1.29, 1.82) is 0 Å². The Morgan fingerprint density at radius 2 is 2.08 bits per heavy atom. The largest absolute Gasteiger partial charge is 0.370 e. The van der Waals surface area contributed by atoms with E-state index >= 15 is 0 Å². The molecule has 2 N–H and O–H groups in total. The van der Waals surface area contributed by atoms with E-state index in [0.717, 1.165) is 0 Å². The van der Waals surface area contributed by atoms with E-state index in [-0.39, 0.29) is 10.3 Å². The van der Waals surface area contributed by atoms with Gasteiger partial charge in [-0.05, 0) is 36.1 Å². The van der Waals surface area contributed by atoms with E-state index in [9.17, 15) is 26.0 Å². The number of hydrogen-bond acceptors (Lipinski definition) is 4. The zero-order valence-electron chi connectivity index (χ0n) is 14.3. The molecule has 1 unspecified atom stereocenters. The van der Waals surface area contributed by atoms with Crippen molar-refractivity contribution in [2.45, 2.75) is 37.2 Å². The van der Waals surface area contributed by atoms with E-state index in [0.29, 0.717) is 31.6 Å². The van der Waals surface area contributed by atoms with Gasteiger partial charge >= 0.3 is 12.3 Å². The van der Waals surface area contributed by atoms with Crippen molar-refractivity contribution in [2.24, 2.45) is 11.1 Å². The predicted molar refractivity (Wildman–Crippen MR) is 87.6 cm³/mol. The van der Waals surface area contributed by atoms with Crippen LogP contribution in [0.2, 0.25) is 0 Å². The van der Waals surface area contributed by atoms with Gasteiger partial charge in [0.15, 0.2) is 0 Å². The summed E-state index contributed by atoms with van der Waals surface area (Å²) in [6.45, 7) is 1.08. The monoisotopic (exact) mass is 398 g/mol. The van der Waals surface area contributed by atoms with E-state index in [1.165, 1.54) is 28.6 Å². The summed E-state index contributed by atoms with van der Waals surface area (Å²) in [5, 5.41) is 0. The Morgan fingerprint density at radius 1 is 1.38 bits per heavy atom. The van der Waals surface area contributed by atoms with E-state index in [2.05, 4.69) is 4.74 Å². The van der Waals surface area contributed by atoms with Gasteiger partial charge in [-0.3, -0.25) is 0 Å². The fraction of sp³-hybridized carbons (Fsp3) is 0.625. The molecule has 1 aromatic carbocycles. The van der Waals surface area contributed by atoms with Crippen LogP contribution in [0.1, 0.15) is 18.9 Å². The van der Waals surface area contributed by atoms with Crippen LogP contribution in [-0.2, 0) is 21.4 Å². The SMILES string of the molecule is CC1(CN)CCN(S(=O)(=O)c2cccc(COCC(F)(F)C(F)F)c2)C1. The zero-order chi connectivity index (χ0) is 19.6. The van der Waals surface area contributed by atoms with Gasteiger partial charge in [0.1, 0.15) is 6.61 Å². The molecule has 0 radical (unpaired) electrons. The molecular formula is C16H22F4N2O3S. The third-order valence-electron chi connectivity index (χ3n) is 4.43. The minimum absolute atomic E-state index is 0.000455. The summed E-state index contributed by atoms with van der Waals surface area (Å²) in [5.74, 6) is -4.24. The average Bonchev–Trinajstić information content (AvgIpc) is 2.99. The Morgan fingerprint density at radius 3 is 2.65 bits per heavy atom. The average molecular weight is 398 g/mol. The second-order valence-corrected chi connectivity index (χ2v) is 8.74. The first-order chi connectivity index (χ1) is 12.0. The maximum absolute atomic E-state index is 12.8. The third kappa shape index (κ3) is 4.73. The lowest BCUT2D eigenvalue weighted by Gasteiger charge is -2.22. The molecule has 1 saturated heterocycles. The number of alkyl halides is 4. The summed E-state index contributed by atoms with van der Waals surface area (Å²) in [6, 6.07) is 5.63. The fourth-order valence-corrected chi connectivity index (χ4v) is 4.33. The summed E-state index contributed by atoms with van der Waals surface area (Å²) < 4.78 is 81.3. The summed E-state index contributed by atoms with van der Waals surface area (Å²) in [4.78, 5) is 0.000455. The Labute approximate surface area is 150 Å². The van der Waals surface area contributed by atoms with Gasteiger partial charge in [-0.15, -0.1) is 0 Å². The number of benzene rings is 1. The van der Waals surface area contributed by atoms with Crippen LogP contribution in [0.25, 0.3) is 0 Å². The molecule has 1 fully saturated rings. The van der Waals surface area contributed by atoms with Gasteiger partial charge < -0.3 is 10.5 Å². The molecular weight excluding hydrogens is 376 g/mol. The Bertz CT molecular complexity index is 730. The van der Waals surface area contributed by atoms with Crippen LogP contribution >= 0.6 is 0 Å². The highest BCUT2D eigenvalue weighted by Crippen LogP contribution is 2.32. The number of nitrogens with two attached hydrogens (primary N) is 1. The molecule has 2 rings (SSSR count). The van der Waals surface area contributed by atoms with Crippen molar-refractivity contribution in [2.75, 3.05) is 26.2 Å². The minimum Gasteiger partial charge on any atom is -0.370 e. The standard InChI is InChI=1S/C16H22F4N2O3S/c1-15(9-21)5-6-22(10-15)26(23,24)13-4-2-3-12(7-13)8-25-11-16(19,20)14(17)18/h2-4,7,14H,5-6,8-11,21H2,1H3. The number of rotatable bonds is 8. The molecule has 1 aliphatic rings. The van der Waals surface area contributed by atoms with Crippen molar-refractivity contribution in [3.63, 3.8) is 0 Å². The number of hydrogen-bond donors (Lipinski definition) is 1. The van der Waals surface area contributed by atoms with Gasteiger partial charge in [0.25, 0.3) is 0 Å². The number of sulfonamides is 1. The van der Waals surface area contributed by atoms with Crippen molar-refractivity contribution < 1.29 is 30.7 Å². The molecule has 0 amide bonds. The number of ether oxygens (including phenoxy) is 1. The van der Waals surface area contributed by atoms with Crippen LogP contribution in [0.3, 0.4) is 0 Å². The normalized spacial score (nSPS) is 22.3. The summed E-state index contributed by atoms with van der Waals surface area (Å²) in [5.41, 5.74) is 5.71. The Balaban J connectivity index is 2.07. The molecule has 0 aromatic heterocycles. The van der Waals surface area contributed by atoms with Crippen LogP contribution < -0.4 is 5.73 Å². The topological polar surface area (TPSA) is 72.6 Å². The molecule has 0 aliphatic carbocycles.